The van der Waals surface area contributed by atoms with Crippen LogP contribution in [0.2, 0.25) is 0 Å². The summed E-state index contributed by atoms with van der Waals surface area (Å²) in [5.74, 6) is 1.23. The average molecular weight is 227 g/mol. The Morgan fingerprint density at radius 1 is 1.44 bits per heavy atom. The Bertz CT molecular complexity index is 224. The summed E-state index contributed by atoms with van der Waals surface area (Å²) in [4.78, 5) is 13.9. The topological polar surface area (TPSA) is 44.4 Å². The lowest BCUT2D eigenvalue weighted by Gasteiger charge is -2.29. The molecule has 0 aliphatic carbocycles. The molecule has 94 valence electrons. The molecule has 0 aromatic heterocycles. The number of nitrogens with zero attached hydrogens (tertiary/aromatic N) is 1. The highest BCUT2D eigenvalue weighted by Crippen LogP contribution is 2.09. The van der Waals surface area contributed by atoms with Gasteiger partial charge in [0.05, 0.1) is 0 Å². The Morgan fingerprint density at radius 2 is 2.06 bits per heavy atom. The quantitative estimate of drug-likeness (QED) is 0.686. The second-order valence-corrected chi connectivity index (χ2v) is 5.41. The number of carbonyl (C=O) groups is 1. The van der Waals surface area contributed by atoms with Crippen LogP contribution in [0.4, 0.5) is 0 Å². The van der Waals surface area contributed by atoms with Crippen molar-refractivity contribution in [2.75, 3.05) is 33.7 Å². The Kier molecular flexibility index (Phi) is 5.22. The number of hydrogen-bond acceptors (Lipinski definition) is 3. The van der Waals surface area contributed by atoms with Gasteiger partial charge >= 0.3 is 0 Å². The van der Waals surface area contributed by atoms with Crippen molar-refractivity contribution in [3.63, 3.8) is 0 Å². The van der Waals surface area contributed by atoms with Gasteiger partial charge in [-0.15, -0.1) is 0 Å². The van der Waals surface area contributed by atoms with Gasteiger partial charge in [0.25, 0.3) is 0 Å². The standard InChI is InChI=1S/C12H25N3O/c1-9(2)11(8-15(3)4)14-12(16)5-10-6-13-7-10/h9-11,13H,5-8H2,1-4H3,(H,14,16). The molecule has 1 amide bonds. The van der Waals surface area contributed by atoms with Crippen molar-refractivity contribution in [2.24, 2.45) is 11.8 Å². The van der Waals surface area contributed by atoms with Crippen LogP contribution in [-0.4, -0.2) is 50.6 Å². The molecular weight excluding hydrogens is 202 g/mol. The first-order valence-electron chi connectivity index (χ1n) is 6.14. The van der Waals surface area contributed by atoms with Crippen molar-refractivity contribution < 1.29 is 4.79 Å². The molecule has 16 heavy (non-hydrogen) atoms. The maximum absolute atomic E-state index is 11.8. The predicted octanol–water partition coefficient (Wildman–Crippen LogP) is 0.298. The average Bonchev–Trinajstić information content (AvgIpc) is 2.09. The normalized spacial score (nSPS) is 18.6. The summed E-state index contributed by atoms with van der Waals surface area (Å²) < 4.78 is 0. The van der Waals surface area contributed by atoms with Crippen molar-refractivity contribution in [2.45, 2.75) is 26.3 Å². The number of carbonyl (C=O) groups excluding carboxylic acids is 1. The van der Waals surface area contributed by atoms with Gasteiger partial charge in [-0.25, -0.2) is 0 Å². The van der Waals surface area contributed by atoms with E-state index in [0.29, 0.717) is 18.3 Å². The fourth-order valence-electron chi connectivity index (χ4n) is 1.84. The second kappa shape index (κ2) is 6.21. The van der Waals surface area contributed by atoms with Gasteiger partial charge < -0.3 is 15.5 Å². The van der Waals surface area contributed by atoms with Crippen LogP contribution in [0.25, 0.3) is 0 Å². The summed E-state index contributed by atoms with van der Waals surface area (Å²) in [5, 5.41) is 6.33. The smallest absolute Gasteiger partial charge is 0.220 e. The van der Waals surface area contributed by atoms with Gasteiger partial charge in [0, 0.05) is 19.0 Å². The second-order valence-electron chi connectivity index (χ2n) is 5.41. The molecule has 1 saturated heterocycles. The zero-order valence-electron chi connectivity index (χ0n) is 10.9. The molecule has 1 unspecified atom stereocenters. The zero-order valence-corrected chi connectivity index (χ0v) is 10.9. The fourth-order valence-corrected chi connectivity index (χ4v) is 1.84. The lowest BCUT2D eigenvalue weighted by molar-refractivity contribution is -0.123. The van der Waals surface area contributed by atoms with Crippen molar-refractivity contribution >= 4 is 5.91 Å². The molecule has 1 fully saturated rings. The number of likely N-dealkylation sites (N-methyl/N-ethyl adjacent to an activating group) is 1. The number of amides is 1. The van der Waals surface area contributed by atoms with Crippen LogP contribution >= 0.6 is 0 Å². The molecule has 0 bridgehead atoms. The first kappa shape index (κ1) is 13.5. The fraction of sp³-hybridized carbons (Fsp3) is 0.917. The van der Waals surface area contributed by atoms with Gasteiger partial charge in [-0.1, -0.05) is 13.8 Å². The zero-order chi connectivity index (χ0) is 12.1. The van der Waals surface area contributed by atoms with E-state index in [4.69, 9.17) is 0 Å². The lowest BCUT2D eigenvalue weighted by atomic mass is 9.98. The Morgan fingerprint density at radius 3 is 2.44 bits per heavy atom. The molecule has 4 heteroatoms. The van der Waals surface area contributed by atoms with E-state index in [1.165, 1.54) is 0 Å². The molecule has 0 spiro atoms. The monoisotopic (exact) mass is 227 g/mol. The van der Waals surface area contributed by atoms with E-state index in [0.717, 1.165) is 19.6 Å². The highest BCUT2D eigenvalue weighted by Gasteiger charge is 2.22. The van der Waals surface area contributed by atoms with Gasteiger partial charge in [0.15, 0.2) is 0 Å². The van der Waals surface area contributed by atoms with E-state index in [1.807, 2.05) is 14.1 Å². The molecular formula is C12H25N3O. The third-order valence-corrected chi connectivity index (χ3v) is 3.05. The molecule has 1 atom stereocenters. The van der Waals surface area contributed by atoms with Crippen molar-refractivity contribution in [1.29, 1.82) is 0 Å². The third-order valence-electron chi connectivity index (χ3n) is 3.05. The van der Waals surface area contributed by atoms with Crippen LogP contribution in [0, 0.1) is 11.8 Å². The van der Waals surface area contributed by atoms with E-state index in [1.54, 1.807) is 0 Å². The third kappa shape index (κ3) is 4.49. The highest BCUT2D eigenvalue weighted by molar-refractivity contribution is 5.76. The Labute approximate surface area is 98.8 Å². The van der Waals surface area contributed by atoms with Crippen LogP contribution in [0.3, 0.4) is 0 Å². The summed E-state index contributed by atoms with van der Waals surface area (Å²) in [7, 11) is 4.08. The summed E-state index contributed by atoms with van der Waals surface area (Å²) in [5.41, 5.74) is 0. The first-order valence-corrected chi connectivity index (χ1v) is 6.14. The van der Waals surface area contributed by atoms with Crippen LogP contribution in [0.15, 0.2) is 0 Å². The van der Waals surface area contributed by atoms with Crippen molar-refractivity contribution in [3.8, 4) is 0 Å². The van der Waals surface area contributed by atoms with E-state index < -0.39 is 0 Å². The molecule has 4 nitrogen and oxygen atoms in total. The Balaban J connectivity index is 2.31. The molecule has 1 heterocycles. The lowest BCUT2D eigenvalue weighted by Crippen LogP contribution is -2.48. The van der Waals surface area contributed by atoms with Gasteiger partial charge in [0.2, 0.25) is 5.91 Å². The van der Waals surface area contributed by atoms with Gasteiger partial charge in [-0.3, -0.25) is 4.79 Å². The summed E-state index contributed by atoms with van der Waals surface area (Å²) >= 11 is 0. The van der Waals surface area contributed by atoms with Gasteiger partial charge in [-0.2, -0.15) is 0 Å². The summed E-state index contributed by atoms with van der Waals surface area (Å²) in [6, 6.07) is 0.260. The Hall–Kier alpha value is -0.610. The molecule has 1 aliphatic heterocycles. The summed E-state index contributed by atoms with van der Waals surface area (Å²) in [6.07, 6.45) is 0.670. The predicted molar refractivity (Wildman–Crippen MR) is 66.3 cm³/mol. The highest BCUT2D eigenvalue weighted by atomic mass is 16.1. The SMILES string of the molecule is CC(C)C(CN(C)C)NC(=O)CC1CNC1. The minimum absolute atomic E-state index is 0.201. The number of nitrogens with one attached hydrogen (secondary N) is 2. The molecule has 0 aromatic rings. The van der Waals surface area contributed by atoms with E-state index >= 15 is 0 Å². The van der Waals surface area contributed by atoms with E-state index in [9.17, 15) is 4.79 Å². The number of hydrogen-bond donors (Lipinski definition) is 2. The largest absolute Gasteiger partial charge is 0.352 e. The summed E-state index contributed by atoms with van der Waals surface area (Å²) in [6.45, 7) is 7.20. The van der Waals surface area contributed by atoms with Crippen LogP contribution in [0.1, 0.15) is 20.3 Å². The maximum atomic E-state index is 11.8. The molecule has 2 N–H and O–H groups in total. The van der Waals surface area contributed by atoms with Gasteiger partial charge in [0.1, 0.15) is 0 Å². The van der Waals surface area contributed by atoms with E-state index in [2.05, 4.69) is 29.4 Å². The van der Waals surface area contributed by atoms with Crippen LogP contribution < -0.4 is 10.6 Å². The van der Waals surface area contributed by atoms with Crippen LogP contribution in [0.5, 0.6) is 0 Å². The number of rotatable bonds is 6. The van der Waals surface area contributed by atoms with Gasteiger partial charge in [-0.05, 0) is 39.0 Å². The molecule has 0 aromatic carbocycles. The molecule has 1 aliphatic rings. The van der Waals surface area contributed by atoms with Crippen molar-refractivity contribution in [1.82, 2.24) is 15.5 Å². The molecule has 0 saturated carbocycles. The van der Waals surface area contributed by atoms with E-state index in [-0.39, 0.29) is 11.9 Å². The minimum atomic E-state index is 0.201. The molecule has 1 rings (SSSR count). The first-order chi connectivity index (χ1) is 7.49. The maximum Gasteiger partial charge on any atom is 0.220 e. The van der Waals surface area contributed by atoms with Crippen molar-refractivity contribution in [3.05, 3.63) is 0 Å². The molecule has 0 radical (unpaired) electrons. The minimum Gasteiger partial charge on any atom is -0.352 e. The van der Waals surface area contributed by atoms with Crippen LogP contribution in [-0.2, 0) is 4.79 Å².